The van der Waals surface area contributed by atoms with E-state index in [1.54, 1.807) is 0 Å². The maximum atomic E-state index is 13.1. The number of benzene rings is 4. The van der Waals surface area contributed by atoms with Crippen LogP contribution in [-0.4, -0.2) is 35.3 Å². The molecule has 6 nitrogen and oxygen atoms in total. The summed E-state index contributed by atoms with van der Waals surface area (Å²) in [4.78, 5) is 33.5. The molecule has 2 aliphatic carbocycles. The smallest absolute Gasteiger partial charge is 0.284 e. The van der Waals surface area contributed by atoms with E-state index in [9.17, 15) is 46.5 Å². The summed E-state index contributed by atoms with van der Waals surface area (Å²) in [5.74, 6) is -4.20. The van der Waals surface area contributed by atoms with Crippen molar-refractivity contribution < 1.29 is 35.9 Å². The average molecular weight is 777 g/mol. The number of aliphatic imine (C=N–C) groups is 2. The molecule has 3 unspecified atom stereocenters. The van der Waals surface area contributed by atoms with Gasteiger partial charge in [0.05, 0.1) is 23.2 Å². The lowest BCUT2D eigenvalue weighted by atomic mass is 9.73. The van der Waals surface area contributed by atoms with Gasteiger partial charge in [-0.3, -0.25) is 14.6 Å². The molecule has 0 radical (unpaired) electrons. The quantitative estimate of drug-likeness (QED) is 0.0768. The molecule has 0 aromatic heterocycles. The van der Waals surface area contributed by atoms with Crippen LogP contribution in [0, 0.1) is 34.6 Å². The van der Waals surface area contributed by atoms with Gasteiger partial charge in [0.25, 0.3) is 11.6 Å². The first-order valence-electron chi connectivity index (χ1n) is 18.5. The van der Waals surface area contributed by atoms with E-state index >= 15 is 0 Å². The predicted molar refractivity (Wildman–Crippen MR) is 203 cm³/mol. The fraction of sp³-hybridized carbons (Fsp3) is 0.289. The Labute approximate surface area is 324 Å². The summed E-state index contributed by atoms with van der Waals surface area (Å²) in [6.45, 7) is 4.16. The molecular formula is C45H34F6N4O2. The van der Waals surface area contributed by atoms with Crippen LogP contribution in [-0.2, 0) is 5.41 Å². The minimum absolute atomic E-state index is 0.00993. The van der Waals surface area contributed by atoms with E-state index in [0.29, 0.717) is 60.1 Å². The Morgan fingerprint density at radius 3 is 1.86 bits per heavy atom. The molecule has 3 atom stereocenters. The number of hydrogen-bond acceptors (Lipinski definition) is 6. The van der Waals surface area contributed by atoms with Crippen LogP contribution in [0.1, 0.15) is 95.3 Å². The van der Waals surface area contributed by atoms with Gasteiger partial charge in [0.1, 0.15) is 0 Å². The molecule has 12 heteroatoms. The number of alkyl halides is 6. The zero-order valence-electron chi connectivity index (χ0n) is 30.9. The number of ketones is 2. The summed E-state index contributed by atoms with van der Waals surface area (Å²) >= 11 is 0. The fourth-order valence-electron chi connectivity index (χ4n) is 8.70. The summed E-state index contributed by atoms with van der Waals surface area (Å²) in [6.07, 6.45) is -4.51. The SMILES string of the molecule is CCC1(CCCC#N)C2=C(CCC(C)C3C(=NC#N)c4cc(-c5ccc(C(=O)C(F)(F)F)cc5)ccc4C3=N2)c2ccc(-c3ccc(C(=O)C(F)(F)F)cc3)cc21. The lowest BCUT2D eigenvalue weighted by Gasteiger charge is -2.33. The van der Waals surface area contributed by atoms with Gasteiger partial charge in [-0.1, -0.05) is 86.6 Å². The maximum absolute atomic E-state index is 13.1. The van der Waals surface area contributed by atoms with Crippen molar-refractivity contribution in [2.45, 2.75) is 70.1 Å². The summed E-state index contributed by atoms with van der Waals surface area (Å²) < 4.78 is 78.6. The van der Waals surface area contributed by atoms with Gasteiger partial charge in [-0.15, -0.1) is 0 Å². The summed E-state index contributed by atoms with van der Waals surface area (Å²) in [5.41, 5.74) is 7.76. The van der Waals surface area contributed by atoms with Crippen LogP contribution in [0.5, 0.6) is 0 Å². The lowest BCUT2D eigenvalue weighted by molar-refractivity contribution is -0.0888. The van der Waals surface area contributed by atoms with Crippen molar-refractivity contribution in [3.8, 4) is 34.5 Å². The van der Waals surface area contributed by atoms with Crippen LogP contribution in [0.4, 0.5) is 26.3 Å². The molecule has 288 valence electrons. The molecule has 3 aliphatic rings. The van der Waals surface area contributed by atoms with E-state index in [2.05, 4.69) is 24.9 Å². The highest BCUT2D eigenvalue weighted by atomic mass is 19.4. The molecule has 0 spiro atoms. The first-order chi connectivity index (χ1) is 27.1. The predicted octanol–water partition coefficient (Wildman–Crippen LogP) is 11.4. The minimum Gasteiger partial charge on any atom is -0.284 e. The van der Waals surface area contributed by atoms with Crippen LogP contribution in [0.3, 0.4) is 0 Å². The van der Waals surface area contributed by atoms with Gasteiger partial charge in [0.2, 0.25) is 6.19 Å². The first-order valence-corrected chi connectivity index (χ1v) is 18.5. The molecule has 0 bridgehead atoms. The number of rotatable bonds is 8. The minimum atomic E-state index is -5.00. The number of fused-ring (bicyclic) bond motifs is 5. The molecule has 0 amide bonds. The van der Waals surface area contributed by atoms with Crippen LogP contribution >= 0.6 is 0 Å². The van der Waals surface area contributed by atoms with Crippen LogP contribution in [0.2, 0.25) is 0 Å². The standard InChI is InChI=1S/C45H34F6N4O2/c1-3-43(20-4-5-21-52)36-23-31(27-9-13-29(14-10-27)42(57)45(49,50)51)15-18-32(36)34-17-6-25(2)37-38(54-24-53)35-22-30(16-19-33(35)39(37)55-40(34)43)26-7-11-28(12-8-26)41(56)44(46,47)48/h7-16,18-19,22-23,25,37H,3-6,17,20H2,1-2H3. The maximum Gasteiger partial charge on any atom is 0.454 e. The van der Waals surface area contributed by atoms with Crippen molar-refractivity contribution in [3.63, 3.8) is 0 Å². The molecule has 0 fully saturated rings. The highest BCUT2D eigenvalue weighted by molar-refractivity contribution is 6.31. The van der Waals surface area contributed by atoms with E-state index in [1.807, 2.05) is 42.6 Å². The Bertz CT molecular complexity index is 2480. The van der Waals surface area contributed by atoms with Crippen LogP contribution < -0.4 is 0 Å². The van der Waals surface area contributed by atoms with E-state index in [4.69, 9.17) is 4.99 Å². The Morgan fingerprint density at radius 1 is 0.789 bits per heavy atom. The molecular weight excluding hydrogens is 743 g/mol. The number of unbranched alkanes of at least 4 members (excludes halogenated alkanes) is 1. The number of hydrogen-bond donors (Lipinski definition) is 0. The molecule has 4 aromatic rings. The van der Waals surface area contributed by atoms with Gasteiger partial charge in [0, 0.05) is 40.0 Å². The van der Waals surface area contributed by atoms with Crippen molar-refractivity contribution in [2.75, 3.05) is 0 Å². The van der Waals surface area contributed by atoms with E-state index in [1.165, 1.54) is 36.4 Å². The van der Waals surface area contributed by atoms with Gasteiger partial charge < -0.3 is 0 Å². The van der Waals surface area contributed by atoms with Crippen LogP contribution in [0.15, 0.2) is 101 Å². The number of nitrogens with zero attached hydrogens (tertiary/aromatic N) is 4. The zero-order valence-corrected chi connectivity index (χ0v) is 30.9. The highest BCUT2D eigenvalue weighted by Crippen LogP contribution is 2.56. The second-order valence-electron chi connectivity index (χ2n) is 14.7. The molecule has 4 aromatic carbocycles. The van der Waals surface area contributed by atoms with Crippen molar-refractivity contribution >= 4 is 28.6 Å². The van der Waals surface area contributed by atoms with E-state index in [-0.39, 0.29) is 11.8 Å². The van der Waals surface area contributed by atoms with Crippen molar-refractivity contribution in [3.05, 3.63) is 124 Å². The topological polar surface area (TPSA) is 106 Å². The third-order valence-corrected chi connectivity index (χ3v) is 11.6. The van der Waals surface area contributed by atoms with Crippen molar-refractivity contribution in [1.29, 1.82) is 10.5 Å². The Morgan fingerprint density at radius 2 is 1.33 bits per heavy atom. The summed E-state index contributed by atoms with van der Waals surface area (Å²) in [7, 11) is 0. The monoisotopic (exact) mass is 776 g/mol. The first kappa shape index (κ1) is 39.1. The molecule has 0 saturated heterocycles. The molecule has 1 aliphatic heterocycles. The van der Waals surface area contributed by atoms with Gasteiger partial charge >= 0.3 is 12.4 Å². The molecule has 57 heavy (non-hydrogen) atoms. The number of carbonyl (C=O) groups is 2. The molecule has 7 rings (SSSR count). The van der Waals surface area contributed by atoms with Gasteiger partial charge in [-0.05, 0) is 89.1 Å². The molecule has 1 heterocycles. The largest absolute Gasteiger partial charge is 0.454 e. The molecule has 0 saturated carbocycles. The van der Waals surface area contributed by atoms with E-state index in [0.717, 1.165) is 57.8 Å². The Balaban J connectivity index is 1.34. The third-order valence-electron chi connectivity index (χ3n) is 11.6. The number of nitriles is 2. The number of halogens is 6. The second-order valence-corrected chi connectivity index (χ2v) is 14.7. The Kier molecular flexibility index (Phi) is 10.1. The normalized spacial score (nSPS) is 20.7. The van der Waals surface area contributed by atoms with Gasteiger partial charge in [0.15, 0.2) is 0 Å². The highest BCUT2D eigenvalue weighted by Gasteiger charge is 2.48. The van der Waals surface area contributed by atoms with Crippen molar-refractivity contribution in [1.82, 2.24) is 0 Å². The summed E-state index contributed by atoms with van der Waals surface area (Å²) in [6, 6.07) is 24.3. The molecule has 0 N–H and O–H groups in total. The average Bonchev–Trinajstić information content (AvgIpc) is 3.62. The van der Waals surface area contributed by atoms with E-state index < -0.39 is 40.5 Å². The fourth-order valence-corrected chi connectivity index (χ4v) is 8.70. The zero-order chi connectivity index (χ0) is 40.9. The van der Waals surface area contributed by atoms with Gasteiger partial charge in [-0.25, -0.2) is 0 Å². The summed E-state index contributed by atoms with van der Waals surface area (Å²) in [5, 5.41) is 19.4. The number of Topliss-reactive ketones (excluding diaryl/α,β-unsaturated/α-hetero) is 2. The lowest BCUT2D eigenvalue weighted by Crippen LogP contribution is -2.29. The van der Waals surface area contributed by atoms with Crippen molar-refractivity contribution in [2.24, 2.45) is 21.8 Å². The number of carbonyl (C=O) groups excluding carboxylic acids is 2. The van der Waals surface area contributed by atoms with Crippen LogP contribution in [0.25, 0.3) is 27.8 Å². The third kappa shape index (κ3) is 6.88. The van der Waals surface area contributed by atoms with Gasteiger partial charge in [-0.2, -0.15) is 41.9 Å². The second kappa shape index (κ2) is 14.7. The number of allylic oxidation sites excluding steroid dienone is 2. The Hall–Kier alpha value is -6.14.